The number of hydrogen-bond donors (Lipinski definition) is 4. The van der Waals surface area contributed by atoms with Gasteiger partial charge in [-0.2, -0.15) is 0 Å². The van der Waals surface area contributed by atoms with Gasteiger partial charge in [-0.3, -0.25) is 19.7 Å². The highest BCUT2D eigenvalue weighted by atomic mass is 16.2. The molecule has 1 aromatic carbocycles. The number of carbonyl (C=O) groups excluding carboxylic acids is 3. The molecule has 1 saturated heterocycles. The molecule has 0 aliphatic carbocycles. The number of nitrogens with one attached hydrogen (secondary N) is 3. The van der Waals surface area contributed by atoms with Crippen LogP contribution in [0.3, 0.4) is 0 Å². The molecule has 24 heavy (non-hydrogen) atoms. The van der Waals surface area contributed by atoms with Crippen LogP contribution in [-0.2, 0) is 20.8 Å². The highest BCUT2D eigenvalue weighted by molar-refractivity contribution is 5.99. The van der Waals surface area contributed by atoms with E-state index in [9.17, 15) is 14.4 Å². The maximum atomic E-state index is 12.0. The Morgan fingerprint density at radius 1 is 1.33 bits per heavy atom. The molecule has 7 nitrogen and oxygen atoms in total. The normalized spacial score (nSPS) is 18.0. The topological polar surface area (TPSA) is 113 Å². The van der Waals surface area contributed by atoms with Crippen LogP contribution < -0.4 is 21.7 Å². The van der Waals surface area contributed by atoms with E-state index in [1.807, 2.05) is 31.2 Å². The molecule has 0 unspecified atom stereocenters. The number of carbonyl (C=O) groups is 3. The van der Waals surface area contributed by atoms with Crippen molar-refractivity contribution in [3.8, 4) is 0 Å². The fourth-order valence-corrected chi connectivity index (χ4v) is 2.64. The molecule has 1 fully saturated rings. The van der Waals surface area contributed by atoms with E-state index in [1.165, 1.54) is 0 Å². The van der Waals surface area contributed by atoms with E-state index in [1.54, 1.807) is 0 Å². The summed E-state index contributed by atoms with van der Waals surface area (Å²) in [4.78, 5) is 35.5. The lowest BCUT2D eigenvalue weighted by atomic mass is 10.0. The summed E-state index contributed by atoms with van der Waals surface area (Å²) in [7, 11) is 0. The maximum absolute atomic E-state index is 12.0. The van der Waals surface area contributed by atoms with Crippen molar-refractivity contribution in [3.05, 3.63) is 35.4 Å². The van der Waals surface area contributed by atoms with E-state index in [0.717, 1.165) is 24.1 Å². The van der Waals surface area contributed by atoms with Gasteiger partial charge in [0.2, 0.25) is 17.7 Å². The SMILES string of the molecule is Cc1ccccc1C[C@@H](N)C(=O)NCC(=O)NC(=O)[C@H]1CCCN1. The fraction of sp³-hybridized carbons (Fsp3) is 0.471. The zero-order valence-electron chi connectivity index (χ0n) is 13.8. The molecular weight excluding hydrogens is 308 g/mol. The first-order valence-electron chi connectivity index (χ1n) is 8.12. The van der Waals surface area contributed by atoms with E-state index in [4.69, 9.17) is 5.73 Å². The van der Waals surface area contributed by atoms with Crippen LogP contribution in [-0.4, -0.2) is 42.9 Å². The van der Waals surface area contributed by atoms with Crippen LogP contribution in [0.2, 0.25) is 0 Å². The lowest BCUT2D eigenvalue weighted by Crippen LogP contribution is -2.49. The standard InChI is InChI=1S/C17H24N4O3/c1-11-5-2-3-6-12(11)9-13(18)16(23)20-10-15(22)21-17(24)14-7-4-8-19-14/h2-3,5-6,13-14,19H,4,7-10,18H2,1H3,(H,20,23)(H,21,22,24)/t13-,14-/m1/s1. The van der Waals surface area contributed by atoms with Crippen molar-refractivity contribution in [2.24, 2.45) is 5.73 Å². The van der Waals surface area contributed by atoms with Gasteiger partial charge in [-0.1, -0.05) is 24.3 Å². The van der Waals surface area contributed by atoms with Gasteiger partial charge in [-0.15, -0.1) is 0 Å². The highest BCUT2D eigenvalue weighted by Crippen LogP contribution is 2.09. The van der Waals surface area contributed by atoms with Gasteiger partial charge in [-0.25, -0.2) is 0 Å². The molecule has 2 rings (SSSR count). The van der Waals surface area contributed by atoms with Crippen LogP contribution in [0, 0.1) is 6.92 Å². The number of aryl methyl sites for hydroxylation is 1. The Labute approximate surface area is 141 Å². The Morgan fingerprint density at radius 2 is 2.08 bits per heavy atom. The Kier molecular flexibility index (Phi) is 6.45. The third-order valence-electron chi connectivity index (χ3n) is 4.10. The molecule has 5 N–H and O–H groups in total. The van der Waals surface area contributed by atoms with Gasteiger partial charge in [0.25, 0.3) is 0 Å². The number of imide groups is 1. The first-order valence-corrected chi connectivity index (χ1v) is 8.12. The van der Waals surface area contributed by atoms with Crippen LogP contribution in [0.4, 0.5) is 0 Å². The largest absolute Gasteiger partial charge is 0.346 e. The molecule has 0 spiro atoms. The van der Waals surface area contributed by atoms with Crippen molar-refractivity contribution in [3.63, 3.8) is 0 Å². The van der Waals surface area contributed by atoms with Crippen molar-refractivity contribution < 1.29 is 14.4 Å². The molecule has 0 aromatic heterocycles. The predicted octanol–water partition coefficient (Wildman–Crippen LogP) is -0.624. The summed E-state index contributed by atoms with van der Waals surface area (Å²) in [6.45, 7) is 2.46. The molecular formula is C17H24N4O3. The summed E-state index contributed by atoms with van der Waals surface area (Å²) >= 11 is 0. The van der Waals surface area contributed by atoms with Crippen LogP contribution in [0.5, 0.6) is 0 Å². The van der Waals surface area contributed by atoms with E-state index in [0.29, 0.717) is 12.8 Å². The monoisotopic (exact) mass is 332 g/mol. The van der Waals surface area contributed by atoms with E-state index in [2.05, 4.69) is 16.0 Å². The summed E-state index contributed by atoms with van der Waals surface area (Å²) in [6, 6.07) is 6.62. The summed E-state index contributed by atoms with van der Waals surface area (Å²) in [5.74, 6) is -1.30. The number of nitrogens with two attached hydrogens (primary N) is 1. The summed E-state index contributed by atoms with van der Waals surface area (Å²) in [6.07, 6.45) is 2.02. The van der Waals surface area contributed by atoms with Crippen LogP contribution in [0.15, 0.2) is 24.3 Å². The fourth-order valence-electron chi connectivity index (χ4n) is 2.64. The van der Waals surface area contributed by atoms with Gasteiger partial charge >= 0.3 is 0 Å². The first-order chi connectivity index (χ1) is 11.5. The molecule has 7 heteroatoms. The minimum absolute atomic E-state index is 0.265. The highest BCUT2D eigenvalue weighted by Gasteiger charge is 2.23. The number of amides is 3. The van der Waals surface area contributed by atoms with Crippen molar-refractivity contribution in [2.75, 3.05) is 13.1 Å². The molecule has 1 aromatic rings. The van der Waals surface area contributed by atoms with E-state index < -0.39 is 17.9 Å². The van der Waals surface area contributed by atoms with Gasteiger partial charge in [0.05, 0.1) is 18.6 Å². The maximum Gasteiger partial charge on any atom is 0.245 e. The summed E-state index contributed by atoms with van der Waals surface area (Å²) in [5.41, 5.74) is 7.94. The predicted molar refractivity (Wildman–Crippen MR) is 90.0 cm³/mol. The van der Waals surface area contributed by atoms with Crippen molar-refractivity contribution in [2.45, 2.75) is 38.3 Å². The van der Waals surface area contributed by atoms with Crippen LogP contribution in [0.1, 0.15) is 24.0 Å². The number of benzene rings is 1. The molecule has 130 valence electrons. The molecule has 0 bridgehead atoms. The Morgan fingerprint density at radius 3 is 2.75 bits per heavy atom. The summed E-state index contributed by atoms with van der Waals surface area (Å²) < 4.78 is 0. The van der Waals surface area contributed by atoms with E-state index in [-0.39, 0.29) is 18.5 Å². The quantitative estimate of drug-likeness (QED) is 0.554. The van der Waals surface area contributed by atoms with Gasteiger partial charge in [0.1, 0.15) is 0 Å². The zero-order chi connectivity index (χ0) is 17.5. The summed E-state index contributed by atoms with van der Waals surface area (Å²) in [5, 5.41) is 7.75. The van der Waals surface area contributed by atoms with Gasteiger partial charge in [0, 0.05) is 0 Å². The smallest absolute Gasteiger partial charge is 0.245 e. The number of rotatable bonds is 6. The van der Waals surface area contributed by atoms with Crippen molar-refractivity contribution in [1.29, 1.82) is 0 Å². The Bertz CT molecular complexity index is 612. The second-order valence-corrected chi connectivity index (χ2v) is 6.02. The second kappa shape index (κ2) is 8.56. The van der Waals surface area contributed by atoms with Gasteiger partial charge in [-0.05, 0) is 43.9 Å². The first kappa shape index (κ1) is 18.1. The third-order valence-corrected chi connectivity index (χ3v) is 4.10. The Balaban J connectivity index is 1.74. The van der Waals surface area contributed by atoms with Gasteiger partial charge < -0.3 is 16.4 Å². The molecule has 3 amide bonds. The molecule has 2 atom stereocenters. The lowest BCUT2D eigenvalue weighted by molar-refractivity contribution is -0.132. The minimum atomic E-state index is -0.744. The minimum Gasteiger partial charge on any atom is -0.346 e. The average Bonchev–Trinajstić information content (AvgIpc) is 3.09. The molecule has 0 saturated carbocycles. The van der Waals surface area contributed by atoms with Crippen molar-refractivity contribution >= 4 is 17.7 Å². The zero-order valence-corrected chi connectivity index (χ0v) is 13.8. The molecule has 0 radical (unpaired) electrons. The second-order valence-electron chi connectivity index (χ2n) is 6.02. The molecule has 1 aliphatic rings. The molecule has 1 aliphatic heterocycles. The Hall–Kier alpha value is -2.25. The van der Waals surface area contributed by atoms with E-state index >= 15 is 0 Å². The number of hydrogen-bond acceptors (Lipinski definition) is 5. The molecule has 1 heterocycles. The van der Waals surface area contributed by atoms with Gasteiger partial charge in [0.15, 0.2) is 0 Å². The average molecular weight is 332 g/mol. The van der Waals surface area contributed by atoms with Crippen molar-refractivity contribution in [1.82, 2.24) is 16.0 Å². The van der Waals surface area contributed by atoms with Crippen LogP contribution >= 0.6 is 0 Å². The lowest BCUT2D eigenvalue weighted by Gasteiger charge is -2.14. The third kappa shape index (κ3) is 5.14. The van der Waals surface area contributed by atoms with Crippen LogP contribution in [0.25, 0.3) is 0 Å².